The lowest BCUT2D eigenvalue weighted by atomic mass is 10.1. The topological polar surface area (TPSA) is 85.6 Å². The van der Waals surface area contributed by atoms with Crippen LogP contribution in [0.3, 0.4) is 0 Å². The molecule has 1 aliphatic rings. The van der Waals surface area contributed by atoms with Crippen molar-refractivity contribution in [3.8, 4) is 0 Å². The van der Waals surface area contributed by atoms with Gasteiger partial charge in [0.25, 0.3) is 5.91 Å². The smallest absolute Gasteiger partial charge is 0.270 e. The van der Waals surface area contributed by atoms with Crippen LogP contribution in [0.2, 0.25) is 0 Å². The quantitative estimate of drug-likeness (QED) is 0.922. The number of fused-ring (bicyclic) bond motifs is 1. The Hall–Kier alpha value is -2.31. The van der Waals surface area contributed by atoms with Gasteiger partial charge in [0.1, 0.15) is 23.2 Å². The Labute approximate surface area is 129 Å². The van der Waals surface area contributed by atoms with Crippen molar-refractivity contribution in [2.24, 2.45) is 0 Å². The van der Waals surface area contributed by atoms with Crippen LogP contribution in [0.4, 0.5) is 0 Å². The van der Waals surface area contributed by atoms with Crippen molar-refractivity contribution < 1.29 is 4.79 Å². The first-order valence-electron chi connectivity index (χ1n) is 7.57. The summed E-state index contributed by atoms with van der Waals surface area (Å²) in [5, 5.41) is 11.6. The number of aryl methyl sites for hydroxylation is 2. The molecular weight excluding hydrogens is 280 g/mol. The molecule has 0 aliphatic carbocycles. The van der Waals surface area contributed by atoms with Crippen molar-refractivity contribution in [1.29, 1.82) is 0 Å². The molecule has 1 unspecified atom stereocenters. The molecule has 3 rings (SSSR count). The maximum atomic E-state index is 12.3. The molecule has 116 valence electrons. The molecule has 0 spiro atoms. The van der Waals surface area contributed by atoms with Crippen LogP contribution in [0.1, 0.15) is 54.1 Å². The summed E-state index contributed by atoms with van der Waals surface area (Å²) in [6.07, 6.45) is 3.30. The molecule has 3 heterocycles. The number of nitrogens with zero attached hydrogens (tertiary/aromatic N) is 5. The zero-order valence-corrected chi connectivity index (χ0v) is 13.1. The third-order valence-electron chi connectivity index (χ3n) is 3.84. The van der Waals surface area contributed by atoms with E-state index in [-0.39, 0.29) is 11.9 Å². The number of carbonyl (C=O) groups excluding carboxylic acids is 1. The van der Waals surface area contributed by atoms with E-state index in [1.54, 1.807) is 19.2 Å². The Morgan fingerprint density at radius 3 is 2.95 bits per heavy atom. The van der Waals surface area contributed by atoms with Gasteiger partial charge in [-0.3, -0.25) is 4.79 Å². The van der Waals surface area contributed by atoms with E-state index in [4.69, 9.17) is 0 Å². The molecule has 1 atom stereocenters. The lowest BCUT2D eigenvalue weighted by molar-refractivity contribution is 0.0921. The minimum absolute atomic E-state index is 0.0729. The van der Waals surface area contributed by atoms with Gasteiger partial charge >= 0.3 is 0 Å². The highest BCUT2D eigenvalue weighted by molar-refractivity contribution is 5.92. The molecule has 22 heavy (non-hydrogen) atoms. The van der Waals surface area contributed by atoms with Gasteiger partial charge in [0, 0.05) is 31.1 Å². The van der Waals surface area contributed by atoms with E-state index >= 15 is 0 Å². The summed E-state index contributed by atoms with van der Waals surface area (Å²) in [4.78, 5) is 20.5. The van der Waals surface area contributed by atoms with Crippen LogP contribution in [-0.4, -0.2) is 36.7 Å². The lowest BCUT2D eigenvalue weighted by Gasteiger charge is -2.25. The highest BCUT2D eigenvalue weighted by atomic mass is 16.1. The molecule has 0 saturated heterocycles. The predicted molar refractivity (Wildman–Crippen MR) is 80.5 cm³/mol. The largest absolute Gasteiger partial charge is 0.346 e. The number of hydrogen-bond donors (Lipinski definition) is 1. The summed E-state index contributed by atoms with van der Waals surface area (Å²) >= 11 is 0. The summed E-state index contributed by atoms with van der Waals surface area (Å²) in [5.41, 5.74) is 0.408. The molecule has 1 N–H and O–H groups in total. The Balaban J connectivity index is 1.72. The van der Waals surface area contributed by atoms with E-state index < -0.39 is 0 Å². The number of rotatable bonds is 3. The first kappa shape index (κ1) is 14.6. The molecule has 0 aromatic carbocycles. The number of nitrogens with one attached hydrogen (secondary N) is 1. The molecule has 0 fully saturated rings. The molecule has 0 saturated carbocycles. The van der Waals surface area contributed by atoms with Crippen molar-refractivity contribution in [3.63, 3.8) is 0 Å². The second-order valence-corrected chi connectivity index (χ2v) is 5.94. The summed E-state index contributed by atoms with van der Waals surface area (Å²) in [6, 6.07) is 1.71. The monoisotopic (exact) mass is 300 g/mol. The summed E-state index contributed by atoms with van der Waals surface area (Å²) in [7, 11) is 0. The molecule has 7 nitrogen and oxygen atoms in total. The minimum Gasteiger partial charge on any atom is -0.346 e. The van der Waals surface area contributed by atoms with Crippen LogP contribution in [0.5, 0.6) is 0 Å². The maximum Gasteiger partial charge on any atom is 0.270 e. The van der Waals surface area contributed by atoms with E-state index in [9.17, 15) is 4.79 Å². The van der Waals surface area contributed by atoms with Crippen LogP contribution < -0.4 is 5.32 Å². The van der Waals surface area contributed by atoms with Gasteiger partial charge in [-0.1, -0.05) is 13.8 Å². The average molecular weight is 300 g/mol. The maximum absolute atomic E-state index is 12.3. The number of aromatic nitrogens is 5. The number of amides is 1. The Morgan fingerprint density at radius 2 is 2.23 bits per heavy atom. The summed E-state index contributed by atoms with van der Waals surface area (Å²) < 4.78 is 2.13. The van der Waals surface area contributed by atoms with Gasteiger partial charge in [-0.25, -0.2) is 9.97 Å². The van der Waals surface area contributed by atoms with Crippen LogP contribution >= 0.6 is 0 Å². The van der Waals surface area contributed by atoms with Crippen LogP contribution in [0.25, 0.3) is 0 Å². The first-order chi connectivity index (χ1) is 10.5. The first-order valence-corrected chi connectivity index (χ1v) is 7.57. The van der Waals surface area contributed by atoms with Crippen molar-refractivity contribution in [2.45, 2.75) is 52.1 Å². The molecule has 2 aromatic heterocycles. The van der Waals surface area contributed by atoms with Crippen molar-refractivity contribution in [3.05, 3.63) is 35.4 Å². The van der Waals surface area contributed by atoms with E-state index in [1.165, 1.54) is 0 Å². The van der Waals surface area contributed by atoms with Gasteiger partial charge in [0.15, 0.2) is 0 Å². The van der Waals surface area contributed by atoms with Gasteiger partial charge in [0.05, 0.1) is 0 Å². The second-order valence-electron chi connectivity index (χ2n) is 5.94. The number of hydrogen-bond acceptors (Lipinski definition) is 5. The molecule has 0 radical (unpaired) electrons. The average Bonchev–Trinajstić information content (AvgIpc) is 2.90. The summed E-state index contributed by atoms with van der Waals surface area (Å²) in [6.45, 7) is 6.69. The zero-order chi connectivity index (χ0) is 15.7. The minimum atomic E-state index is -0.155. The van der Waals surface area contributed by atoms with Crippen LogP contribution in [-0.2, 0) is 13.0 Å². The lowest BCUT2D eigenvalue weighted by Crippen LogP contribution is -2.41. The Bertz CT molecular complexity index is 693. The third kappa shape index (κ3) is 2.84. The molecule has 1 aliphatic heterocycles. The number of carbonyl (C=O) groups is 1. The fraction of sp³-hybridized carbons (Fsp3) is 0.533. The highest BCUT2D eigenvalue weighted by Gasteiger charge is 2.25. The fourth-order valence-electron chi connectivity index (χ4n) is 2.73. The van der Waals surface area contributed by atoms with Gasteiger partial charge in [-0.2, -0.15) is 0 Å². The molecule has 2 aromatic rings. The van der Waals surface area contributed by atoms with E-state index in [1.807, 2.05) is 0 Å². The second kappa shape index (κ2) is 5.82. The van der Waals surface area contributed by atoms with E-state index in [2.05, 4.69) is 43.9 Å². The predicted octanol–water partition coefficient (Wildman–Crippen LogP) is 1.24. The SMILES string of the molecule is Cc1nccc(C(=O)NC2CCc3nnc(C(C)C)n3C2)n1. The standard InChI is InChI=1S/C15H20N6O/c1-9(2)14-20-19-13-5-4-11(8-21(13)14)18-15(22)12-6-7-16-10(3)17-12/h6-7,9,11H,4-5,8H2,1-3H3,(H,18,22). The highest BCUT2D eigenvalue weighted by Crippen LogP contribution is 2.20. The molecule has 0 bridgehead atoms. The van der Waals surface area contributed by atoms with E-state index in [0.29, 0.717) is 24.0 Å². The molecule has 7 heteroatoms. The van der Waals surface area contributed by atoms with Gasteiger partial charge in [-0.15, -0.1) is 10.2 Å². The fourth-order valence-corrected chi connectivity index (χ4v) is 2.73. The van der Waals surface area contributed by atoms with Crippen LogP contribution in [0.15, 0.2) is 12.3 Å². The normalized spacial score (nSPS) is 17.4. The van der Waals surface area contributed by atoms with Crippen molar-refractivity contribution in [2.75, 3.05) is 0 Å². The van der Waals surface area contributed by atoms with Crippen molar-refractivity contribution in [1.82, 2.24) is 30.0 Å². The molecule has 1 amide bonds. The van der Waals surface area contributed by atoms with Crippen LogP contribution in [0, 0.1) is 6.92 Å². The Morgan fingerprint density at radius 1 is 1.41 bits per heavy atom. The van der Waals surface area contributed by atoms with Gasteiger partial charge in [0.2, 0.25) is 0 Å². The Kier molecular flexibility index (Phi) is 3.87. The summed E-state index contributed by atoms with van der Waals surface area (Å²) in [5.74, 6) is 2.75. The third-order valence-corrected chi connectivity index (χ3v) is 3.84. The zero-order valence-electron chi connectivity index (χ0n) is 13.1. The molecular formula is C15H20N6O. The van der Waals surface area contributed by atoms with Gasteiger partial charge in [-0.05, 0) is 19.4 Å². The van der Waals surface area contributed by atoms with E-state index in [0.717, 1.165) is 24.5 Å². The van der Waals surface area contributed by atoms with Gasteiger partial charge < -0.3 is 9.88 Å². The van der Waals surface area contributed by atoms with Crippen molar-refractivity contribution >= 4 is 5.91 Å².